The number of carbonyl (C=O) groups excluding carboxylic acids is 1. The Kier molecular flexibility index (Phi) is 3.25. The van der Waals surface area contributed by atoms with Gasteiger partial charge in [0.1, 0.15) is 4.88 Å². The third-order valence-corrected chi connectivity index (χ3v) is 4.05. The summed E-state index contributed by atoms with van der Waals surface area (Å²) < 4.78 is 0. The number of rotatable bonds is 2. The SMILES string of the molecule is Cc1ncsc1C(=O)N1CCC(C(C)O)C1. The number of hydrogen-bond donors (Lipinski definition) is 1. The Morgan fingerprint density at radius 1 is 1.75 bits per heavy atom. The van der Waals surface area contributed by atoms with E-state index in [9.17, 15) is 9.90 Å². The minimum atomic E-state index is -0.333. The van der Waals surface area contributed by atoms with Gasteiger partial charge in [0.2, 0.25) is 0 Å². The lowest BCUT2D eigenvalue weighted by Crippen LogP contribution is -2.30. The van der Waals surface area contributed by atoms with E-state index in [1.54, 1.807) is 12.4 Å². The number of aliphatic hydroxyl groups excluding tert-OH is 1. The van der Waals surface area contributed by atoms with E-state index in [1.807, 2.05) is 11.8 Å². The Bertz CT molecular complexity index is 389. The summed E-state index contributed by atoms with van der Waals surface area (Å²) in [5.41, 5.74) is 2.50. The van der Waals surface area contributed by atoms with Gasteiger partial charge >= 0.3 is 0 Å². The second kappa shape index (κ2) is 4.51. The summed E-state index contributed by atoms with van der Waals surface area (Å²) >= 11 is 1.39. The maximum absolute atomic E-state index is 12.1. The molecular weight excluding hydrogens is 224 g/mol. The van der Waals surface area contributed by atoms with E-state index in [0.717, 1.165) is 23.5 Å². The minimum absolute atomic E-state index is 0.0585. The van der Waals surface area contributed by atoms with Crippen LogP contribution in [0, 0.1) is 12.8 Å². The topological polar surface area (TPSA) is 53.4 Å². The average Bonchev–Trinajstić information content (AvgIpc) is 2.84. The van der Waals surface area contributed by atoms with E-state index in [2.05, 4.69) is 4.98 Å². The van der Waals surface area contributed by atoms with E-state index in [0.29, 0.717) is 6.54 Å². The van der Waals surface area contributed by atoms with Crippen molar-refractivity contribution in [3.63, 3.8) is 0 Å². The van der Waals surface area contributed by atoms with Gasteiger partial charge in [-0.3, -0.25) is 4.79 Å². The summed E-state index contributed by atoms with van der Waals surface area (Å²) in [6, 6.07) is 0. The Hall–Kier alpha value is -0.940. The summed E-state index contributed by atoms with van der Waals surface area (Å²) in [6.07, 6.45) is 0.557. The van der Waals surface area contributed by atoms with Gasteiger partial charge in [0.05, 0.1) is 17.3 Å². The summed E-state index contributed by atoms with van der Waals surface area (Å²) in [4.78, 5) is 18.7. The third kappa shape index (κ3) is 2.10. The maximum atomic E-state index is 12.1. The first-order valence-electron chi connectivity index (χ1n) is 5.47. The van der Waals surface area contributed by atoms with Gasteiger partial charge in [-0.1, -0.05) is 0 Å². The molecule has 1 fully saturated rings. The van der Waals surface area contributed by atoms with Crippen molar-refractivity contribution >= 4 is 17.2 Å². The monoisotopic (exact) mass is 240 g/mol. The van der Waals surface area contributed by atoms with Crippen LogP contribution in [-0.2, 0) is 0 Å². The third-order valence-electron chi connectivity index (χ3n) is 3.13. The van der Waals surface area contributed by atoms with Crippen LogP contribution in [0.1, 0.15) is 28.7 Å². The molecule has 0 spiro atoms. The lowest BCUT2D eigenvalue weighted by atomic mass is 10.0. The van der Waals surface area contributed by atoms with Gasteiger partial charge in [0.25, 0.3) is 5.91 Å². The summed E-state index contributed by atoms with van der Waals surface area (Å²) in [7, 11) is 0. The molecule has 0 bridgehead atoms. The molecule has 1 aliphatic rings. The Morgan fingerprint density at radius 2 is 2.50 bits per heavy atom. The quantitative estimate of drug-likeness (QED) is 0.847. The van der Waals surface area contributed by atoms with Crippen LogP contribution in [0.15, 0.2) is 5.51 Å². The summed E-state index contributed by atoms with van der Waals surface area (Å²) in [6.45, 7) is 5.04. The highest BCUT2D eigenvalue weighted by molar-refractivity contribution is 7.11. The molecule has 4 nitrogen and oxygen atoms in total. The largest absolute Gasteiger partial charge is 0.393 e. The van der Waals surface area contributed by atoms with Crippen molar-refractivity contribution in [3.8, 4) is 0 Å². The van der Waals surface area contributed by atoms with Crippen LogP contribution in [0.5, 0.6) is 0 Å². The second-order valence-electron chi connectivity index (χ2n) is 4.31. The first-order chi connectivity index (χ1) is 7.59. The highest BCUT2D eigenvalue weighted by Gasteiger charge is 2.30. The zero-order valence-corrected chi connectivity index (χ0v) is 10.3. The number of aromatic nitrogens is 1. The predicted molar refractivity (Wildman–Crippen MR) is 62.5 cm³/mol. The number of aryl methyl sites for hydroxylation is 1. The number of likely N-dealkylation sites (tertiary alicyclic amines) is 1. The molecule has 0 aromatic carbocycles. The molecule has 1 N–H and O–H groups in total. The van der Waals surface area contributed by atoms with Crippen molar-refractivity contribution in [1.82, 2.24) is 9.88 Å². The van der Waals surface area contributed by atoms with Crippen molar-refractivity contribution in [2.75, 3.05) is 13.1 Å². The molecular formula is C11H16N2O2S. The normalized spacial score (nSPS) is 22.4. The van der Waals surface area contributed by atoms with Gasteiger partial charge < -0.3 is 10.0 Å². The van der Waals surface area contributed by atoms with Crippen LogP contribution in [0.2, 0.25) is 0 Å². The molecule has 2 unspecified atom stereocenters. The first-order valence-corrected chi connectivity index (χ1v) is 6.35. The molecule has 2 rings (SSSR count). The van der Waals surface area contributed by atoms with Gasteiger partial charge in [-0.25, -0.2) is 4.98 Å². The molecule has 0 saturated carbocycles. The lowest BCUT2D eigenvalue weighted by Gasteiger charge is -2.17. The minimum Gasteiger partial charge on any atom is -0.393 e. The number of thiazole rings is 1. The fourth-order valence-corrected chi connectivity index (χ4v) is 2.79. The predicted octanol–water partition coefficient (Wildman–Crippen LogP) is 1.29. The maximum Gasteiger partial charge on any atom is 0.265 e. The summed E-state index contributed by atoms with van der Waals surface area (Å²) in [5.74, 6) is 0.278. The van der Waals surface area contributed by atoms with Crippen molar-refractivity contribution in [2.24, 2.45) is 5.92 Å². The molecule has 88 valence electrons. The van der Waals surface area contributed by atoms with Gasteiger partial charge in [-0.2, -0.15) is 0 Å². The standard InChI is InChI=1S/C11H16N2O2S/c1-7-10(16-6-12-7)11(15)13-4-3-9(5-13)8(2)14/h6,8-9,14H,3-5H2,1-2H3. The van der Waals surface area contributed by atoms with Crippen LogP contribution in [0.3, 0.4) is 0 Å². The molecule has 1 amide bonds. The number of hydrogen-bond acceptors (Lipinski definition) is 4. The van der Waals surface area contributed by atoms with Crippen molar-refractivity contribution in [1.29, 1.82) is 0 Å². The lowest BCUT2D eigenvalue weighted by molar-refractivity contribution is 0.0766. The number of carbonyl (C=O) groups is 1. The van der Waals surface area contributed by atoms with Gasteiger partial charge in [-0.15, -0.1) is 11.3 Å². The van der Waals surface area contributed by atoms with Crippen LogP contribution in [-0.4, -0.2) is 40.1 Å². The molecule has 1 saturated heterocycles. The molecule has 0 radical (unpaired) electrons. The first kappa shape index (κ1) is 11.5. The van der Waals surface area contributed by atoms with Crippen molar-refractivity contribution < 1.29 is 9.90 Å². The van der Waals surface area contributed by atoms with Crippen molar-refractivity contribution in [3.05, 3.63) is 16.1 Å². The molecule has 5 heteroatoms. The number of nitrogens with zero attached hydrogens (tertiary/aromatic N) is 2. The number of amides is 1. The molecule has 2 atom stereocenters. The zero-order valence-electron chi connectivity index (χ0n) is 9.51. The molecule has 16 heavy (non-hydrogen) atoms. The summed E-state index contributed by atoms with van der Waals surface area (Å²) in [5, 5.41) is 9.49. The van der Waals surface area contributed by atoms with E-state index >= 15 is 0 Å². The fraction of sp³-hybridized carbons (Fsp3) is 0.636. The Labute approximate surface area is 98.9 Å². The zero-order chi connectivity index (χ0) is 11.7. The second-order valence-corrected chi connectivity index (χ2v) is 5.16. The van der Waals surface area contributed by atoms with Crippen LogP contribution in [0.4, 0.5) is 0 Å². The van der Waals surface area contributed by atoms with Gasteiger partial charge in [0.15, 0.2) is 0 Å². The smallest absolute Gasteiger partial charge is 0.265 e. The molecule has 2 heterocycles. The average molecular weight is 240 g/mol. The Morgan fingerprint density at radius 3 is 3.00 bits per heavy atom. The van der Waals surface area contributed by atoms with E-state index in [-0.39, 0.29) is 17.9 Å². The molecule has 1 aromatic rings. The van der Waals surface area contributed by atoms with E-state index in [4.69, 9.17) is 0 Å². The molecule has 0 aliphatic carbocycles. The highest BCUT2D eigenvalue weighted by Crippen LogP contribution is 2.23. The van der Waals surface area contributed by atoms with E-state index in [1.165, 1.54) is 11.3 Å². The van der Waals surface area contributed by atoms with Crippen molar-refractivity contribution in [2.45, 2.75) is 26.4 Å². The molecule has 1 aliphatic heterocycles. The fourth-order valence-electron chi connectivity index (χ4n) is 2.02. The van der Waals surface area contributed by atoms with E-state index < -0.39 is 0 Å². The Balaban J connectivity index is 2.05. The molecule has 1 aromatic heterocycles. The van der Waals surface area contributed by atoms with Gasteiger partial charge in [0, 0.05) is 19.0 Å². The van der Waals surface area contributed by atoms with Crippen LogP contribution < -0.4 is 0 Å². The highest BCUT2D eigenvalue weighted by atomic mass is 32.1. The van der Waals surface area contributed by atoms with Gasteiger partial charge in [-0.05, 0) is 20.3 Å². The van der Waals surface area contributed by atoms with Crippen LogP contribution in [0.25, 0.3) is 0 Å². The van der Waals surface area contributed by atoms with Crippen LogP contribution >= 0.6 is 11.3 Å². The number of aliphatic hydroxyl groups is 1.